The zero-order chi connectivity index (χ0) is 19.9. The van der Waals surface area contributed by atoms with Crippen molar-refractivity contribution in [1.29, 1.82) is 0 Å². The molecule has 0 aromatic heterocycles. The predicted octanol–water partition coefficient (Wildman–Crippen LogP) is 4.54. The van der Waals surface area contributed by atoms with Gasteiger partial charge in [-0.05, 0) is 24.0 Å². The maximum absolute atomic E-state index is 10.9. The van der Waals surface area contributed by atoms with Gasteiger partial charge in [0.05, 0.1) is 25.9 Å². The van der Waals surface area contributed by atoms with Crippen LogP contribution in [0, 0.1) is 0 Å². The van der Waals surface area contributed by atoms with Crippen molar-refractivity contribution in [2.45, 2.75) is 63.2 Å². The molecule has 2 aromatic carbocycles. The molecular formula is C24H31NO4. The monoisotopic (exact) mass is 397 g/mol. The second kappa shape index (κ2) is 9.83. The van der Waals surface area contributed by atoms with Crippen LogP contribution < -0.4 is 0 Å². The van der Waals surface area contributed by atoms with E-state index in [0.29, 0.717) is 26.4 Å². The van der Waals surface area contributed by atoms with Gasteiger partial charge >= 0.3 is 0 Å². The van der Waals surface area contributed by atoms with Crippen molar-refractivity contribution >= 4 is 0 Å². The Hall–Kier alpha value is -1.76. The van der Waals surface area contributed by atoms with Crippen LogP contribution in [0.2, 0.25) is 0 Å². The number of ether oxygens (including phenoxy) is 3. The smallest absolute Gasteiger partial charge is 0.168 e. The van der Waals surface area contributed by atoms with Gasteiger partial charge in [-0.2, -0.15) is 5.06 Å². The van der Waals surface area contributed by atoms with E-state index < -0.39 is 5.79 Å². The molecule has 2 aliphatic rings. The van der Waals surface area contributed by atoms with Gasteiger partial charge in [0, 0.05) is 19.4 Å². The van der Waals surface area contributed by atoms with Gasteiger partial charge in [-0.15, -0.1) is 0 Å². The molecule has 1 N–H and O–H groups in total. The van der Waals surface area contributed by atoms with Gasteiger partial charge < -0.3 is 19.4 Å². The maximum atomic E-state index is 10.9. The lowest BCUT2D eigenvalue weighted by atomic mass is 9.94. The molecule has 4 rings (SSSR count). The number of hydrogen-bond donors (Lipinski definition) is 1. The van der Waals surface area contributed by atoms with Crippen LogP contribution in [0.25, 0.3) is 0 Å². The highest BCUT2D eigenvalue weighted by atomic mass is 16.7. The summed E-state index contributed by atoms with van der Waals surface area (Å²) in [5.74, 6) is -0.464. The molecule has 1 saturated heterocycles. The Kier molecular flexibility index (Phi) is 6.95. The Bertz CT molecular complexity index is 733. The minimum absolute atomic E-state index is 0.211. The zero-order valence-corrected chi connectivity index (χ0v) is 16.9. The van der Waals surface area contributed by atoms with Crippen molar-refractivity contribution in [2.75, 3.05) is 13.2 Å². The average Bonchev–Trinajstić information content (AvgIpc) is 3.16. The number of rotatable bonds is 8. The van der Waals surface area contributed by atoms with Crippen LogP contribution in [-0.2, 0) is 27.4 Å². The molecule has 0 bridgehead atoms. The molecule has 0 amide bonds. The SMILES string of the molecule is ON(Cc1ccccc1)[C@@H](COCc1ccccc1)[C@H]1COC2(CCCCC2)O1. The van der Waals surface area contributed by atoms with E-state index in [0.717, 1.165) is 36.8 Å². The summed E-state index contributed by atoms with van der Waals surface area (Å²) in [6.45, 7) is 1.80. The van der Waals surface area contributed by atoms with Gasteiger partial charge in [0.25, 0.3) is 0 Å². The molecule has 29 heavy (non-hydrogen) atoms. The number of benzene rings is 2. The fourth-order valence-electron chi connectivity index (χ4n) is 4.26. The Morgan fingerprint density at radius 3 is 2.31 bits per heavy atom. The first kappa shape index (κ1) is 20.5. The van der Waals surface area contributed by atoms with E-state index in [-0.39, 0.29) is 12.1 Å². The van der Waals surface area contributed by atoms with E-state index in [1.165, 1.54) is 11.5 Å². The molecule has 0 radical (unpaired) electrons. The van der Waals surface area contributed by atoms with Gasteiger partial charge in [-0.1, -0.05) is 67.1 Å². The first-order valence-electron chi connectivity index (χ1n) is 10.7. The highest BCUT2D eigenvalue weighted by Gasteiger charge is 2.46. The van der Waals surface area contributed by atoms with Crippen molar-refractivity contribution in [3.63, 3.8) is 0 Å². The molecule has 2 atom stereocenters. The lowest BCUT2D eigenvalue weighted by Gasteiger charge is -2.34. The van der Waals surface area contributed by atoms with Crippen LogP contribution in [-0.4, -0.2) is 41.4 Å². The van der Waals surface area contributed by atoms with Crippen LogP contribution in [0.15, 0.2) is 60.7 Å². The van der Waals surface area contributed by atoms with Gasteiger partial charge in [0.1, 0.15) is 6.10 Å². The molecular weight excluding hydrogens is 366 g/mol. The lowest BCUT2D eigenvalue weighted by Crippen LogP contribution is -2.47. The molecule has 1 spiro atoms. The van der Waals surface area contributed by atoms with Gasteiger partial charge in [-0.25, -0.2) is 0 Å². The summed E-state index contributed by atoms with van der Waals surface area (Å²) >= 11 is 0. The molecule has 156 valence electrons. The summed E-state index contributed by atoms with van der Waals surface area (Å²) in [6, 6.07) is 19.8. The van der Waals surface area contributed by atoms with Crippen molar-refractivity contribution in [3.8, 4) is 0 Å². The van der Waals surface area contributed by atoms with Gasteiger partial charge in [0.15, 0.2) is 5.79 Å². The normalized spacial score (nSPS) is 22.2. The molecule has 1 aliphatic carbocycles. The topological polar surface area (TPSA) is 51.2 Å². The van der Waals surface area contributed by atoms with E-state index in [1.807, 2.05) is 60.7 Å². The molecule has 5 nitrogen and oxygen atoms in total. The molecule has 2 aromatic rings. The summed E-state index contributed by atoms with van der Waals surface area (Å²) in [6.07, 6.45) is 5.17. The van der Waals surface area contributed by atoms with Crippen LogP contribution in [0.1, 0.15) is 43.2 Å². The Morgan fingerprint density at radius 2 is 1.62 bits per heavy atom. The second-order valence-corrected chi connectivity index (χ2v) is 8.09. The maximum Gasteiger partial charge on any atom is 0.168 e. The molecule has 2 fully saturated rings. The van der Waals surface area contributed by atoms with Gasteiger partial charge in [-0.3, -0.25) is 0 Å². The van der Waals surface area contributed by atoms with E-state index in [2.05, 4.69) is 0 Å². The third kappa shape index (κ3) is 5.44. The van der Waals surface area contributed by atoms with E-state index in [9.17, 15) is 5.21 Å². The van der Waals surface area contributed by atoms with Crippen molar-refractivity contribution in [3.05, 3.63) is 71.8 Å². The Balaban J connectivity index is 1.41. The highest BCUT2D eigenvalue weighted by molar-refractivity contribution is 5.15. The number of hydroxylamine groups is 2. The predicted molar refractivity (Wildman–Crippen MR) is 110 cm³/mol. The quantitative estimate of drug-likeness (QED) is 0.663. The Morgan fingerprint density at radius 1 is 0.966 bits per heavy atom. The molecule has 1 heterocycles. The third-order valence-corrected chi connectivity index (χ3v) is 5.89. The molecule has 1 aliphatic heterocycles. The minimum atomic E-state index is -0.464. The highest BCUT2D eigenvalue weighted by Crippen LogP contribution is 2.39. The second-order valence-electron chi connectivity index (χ2n) is 8.09. The molecule has 5 heteroatoms. The summed E-state index contributed by atoms with van der Waals surface area (Å²) in [5, 5.41) is 12.3. The van der Waals surface area contributed by atoms with Crippen LogP contribution in [0.3, 0.4) is 0 Å². The zero-order valence-electron chi connectivity index (χ0n) is 16.9. The first-order chi connectivity index (χ1) is 14.2. The third-order valence-electron chi connectivity index (χ3n) is 5.89. The fraction of sp³-hybridized carbons (Fsp3) is 0.500. The standard InChI is InChI=1S/C24H31NO4/c26-25(16-20-10-4-1-5-11-20)22(18-27-17-21-12-6-2-7-13-21)23-19-28-24(29-23)14-8-3-9-15-24/h1-2,4-7,10-13,22-23,26H,3,8-9,14-19H2/t22-,23+/m0/s1. The minimum Gasteiger partial charge on any atom is -0.375 e. The summed E-state index contributed by atoms with van der Waals surface area (Å²) in [7, 11) is 0. The van der Waals surface area contributed by atoms with Crippen LogP contribution in [0.5, 0.6) is 0 Å². The fourth-order valence-corrected chi connectivity index (χ4v) is 4.26. The summed E-state index contributed by atoms with van der Waals surface area (Å²) in [4.78, 5) is 0. The average molecular weight is 398 g/mol. The Labute approximate surface area is 173 Å². The van der Waals surface area contributed by atoms with E-state index in [4.69, 9.17) is 14.2 Å². The molecule has 1 saturated carbocycles. The largest absolute Gasteiger partial charge is 0.375 e. The summed E-state index contributed by atoms with van der Waals surface area (Å²) < 4.78 is 18.5. The number of hydrogen-bond acceptors (Lipinski definition) is 5. The number of nitrogens with zero attached hydrogens (tertiary/aromatic N) is 1. The van der Waals surface area contributed by atoms with Crippen molar-refractivity contribution in [2.24, 2.45) is 0 Å². The summed E-state index contributed by atoms with van der Waals surface area (Å²) in [5.41, 5.74) is 2.17. The van der Waals surface area contributed by atoms with E-state index >= 15 is 0 Å². The first-order valence-corrected chi connectivity index (χ1v) is 10.7. The van der Waals surface area contributed by atoms with E-state index in [1.54, 1.807) is 0 Å². The van der Waals surface area contributed by atoms with Crippen LogP contribution >= 0.6 is 0 Å². The van der Waals surface area contributed by atoms with Crippen molar-refractivity contribution in [1.82, 2.24) is 5.06 Å². The molecule has 0 unspecified atom stereocenters. The van der Waals surface area contributed by atoms with Crippen molar-refractivity contribution < 1.29 is 19.4 Å². The lowest BCUT2D eigenvalue weighted by molar-refractivity contribution is -0.219. The van der Waals surface area contributed by atoms with Gasteiger partial charge in [0.2, 0.25) is 0 Å². The van der Waals surface area contributed by atoms with Crippen LogP contribution in [0.4, 0.5) is 0 Å².